The maximum absolute atomic E-state index is 10.2. The van der Waals surface area contributed by atoms with Crippen LogP contribution in [-0.2, 0) is 4.79 Å². The first-order chi connectivity index (χ1) is 3.94. The third-order valence-electron chi connectivity index (χ3n) is 0.667. The van der Waals surface area contributed by atoms with Crippen molar-refractivity contribution in [2.24, 2.45) is 5.73 Å². The van der Waals surface area contributed by atoms with Crippen LogP contribution in [0.15, 0.2) is 0 Å². The lowest BCUT2D eigenvalue weighted by atomic mass is 10.1. The SMILES string of the molecule is CC(C)([NH3+])C(N)=O.CCl. The minimum absolute atomic E-state index is 0.368. The molecule has 0 aromatic carbocycles. The molecule has 0 spiro atoms. The van der Waals surface area contributed by atoms with Crippen LogP contribution >= 0.6 is 11.6 Å². The highest BCUT2D eigenvalue weighted by Crippen LogP contribution is 1.87. The van der Waals surface area contributed by atoms with Gasteiger partial charge in [0.1, 0.15) is 0 Å². The molecular formula is C5H14ClN2O+. The lowest BCUT2D eigenvalue weighted by Crippen LogP contribution is -2.74. The Morgan fingerprint density at radius 3 is 1.67 bits per heavy atom. The van der Waals surface area contributed by atoms with Gasteiger partial charge in [-0.25, -0.2) is 0 Å². The third-order valence-corrected chi connectivity index (χ3v) is 0.667. The van der Waals surface area contributed by atoms with Gasteiger partial charge in [-0.15, -0.1) is 11.6 Å². The Hall–Kier alpha value is -0.280. The van der Waals surface area contributed by atoms with E-state index in [1.807, 2.05) is 0 Å². The number of hydrogen-bond acceptors (Lipinski definition) is 1. The van der Waals surface area contributed by atoms with Crippen LogP contribution < -0.4 is 11.5 Å². The van der Waals surface area contributed by atoms with Gasteiger partial charge in [-0.3, -0.25) is 4.79 Å². The molecule has 0 aliphatic heterocycles. The predicted molar refractivity (Wildman–Crippen MR) is 37.9 cm³/mol. The number of halogens is 1. The molecule has 0 aliphatic rings. The van der Waals surface area contributed by atoms with Gasteiger partial charge in [0.2, 0.25) is 0 Å². The molecule has 3 nitrogen and oxygen atoms in total. The molecule has 0 heterocycles. The largest absolute Gasteiger partial charge is 0.364 e. The second-order valence-corrected chi connectivity index (χ2v) is 2.25. The minimum Gasteiger partial charge on any atom is -0.364 e. The number of carbonyl (C=O) groups is 1. The van der Waals surface area contributed by atoms with Crippen LogP contribution in [0.2, 0.25) is 0 Å². The van der Waals surface area contributed by atoms with Gasteiger partial charge >= 0.3 is 0 Å². The predicted octanol–water partition coefficient (Wildman–Crippen LogP) is -0.653. The molecule has 0 fully saturated rings. The van der Waals surface area contributed by atoms with Crippen molar-refractivity contribution in [3.05, 3.63) is 0 Å². The van der Waals surface area contributed by atoms with E-state index < -0.39 is 5.54 Å². The van der Waals surface area contributed by atoms with E-state index >= 15 is 0 Å². The summed E-state index contributed by atoms with van der Waals surface area (Å²) in [6.45, 7) is 3.35. The van der Waals surface area contributed by atoms with Crippen molar-refractivity contribution < 1.29 is 10.5 Å². The first-order valence-electron chi connectivity index (χ1n) is 2.47. The standard InChI is InChI=1S/C4H10N2O.CH3Cl/c1-4(2,6)3(5)7;1-2/h6H2,1-2H3,(H2,5,7);1H3/p+1. The smallest absolute Gasteiger partial charge is 0.278 e. The van der Waals surface area contributed by atoms with E-state index in [0.717, 1.165) is 0 Å². The molecule has 5 N–H and O–H groups in total. The van der Waals surface area contributed by atoms with Crippen molar-refractivity contribution in [2.75, 3.05) is 6.38 Å². The Morgan fingerprint density at radius 2 is 1.67 bits per heavy atom. The van der Waals surface area contributed by atoms with Crippen molar-refractivity contribution >= 4 is 17.5 Å². The Balaban J connectivity index is 0. The molecule has 9 heavy (non-hydrogen) atoms. The van der Waals surface area contributed by atoms with E-state index in [1.54, 1.807) is 13.8 Å². The molecule has 0 saturated heterocycles. The summed E-state index contributed by atoms with van der Waals surface area (Å²) < 4.78 is 0. The Morgan fingerprint density at radius 1 is 1.56 bits per heavy atom. The summed E-state index contributed by atoms with van der Waals surface area (Å²) in [6.07, 6.45) is 1.47. The highest BCUT2D eigenvalue weighted by atomic mass is 35.5. The van der Waals surface area contributed by atoms with E-state index in [4.69, 9.17) is 5.73 Å². The number of rotatable bonds is 1. The highest BCUT2D eigenvalue weighted by Gasteiger charge is 2.21. The molecule has 0 aliphatic carbocycles. The summed E-state index contributed by atoms with van der Waals surface area (Å²) in [4.78, 5) is 10.2. The summed E-state index contributed by atoms with van der Waals surface area (Å²) >= 11 is 4.64. The zero-order chi connectivity index (χ0) is 8.08. The number of nitrogens with two attached hydrogens (primary N) is 1. The van der Waals surface area contributed by atoms with Gasteiger partial charge in [0, 0.05) is 6.38 Å². The highest BCUT2D eigenvalue weighted by molar-refractivity contribution is 6.15. The second kappa shape index (κ2) is 4.58. The molecule has 0 rings (SSSR count). The van der Waals surface area contributed by atoms with Crippen LogP contribution in [0.1, 0.15) is 13.8 Å². The lowest BCUT2D eigenvalue weighted by molar-refractivity contribution is -0.445. The van der Waals surface area contributed by atoms with Gasteiger partial charge in [-0.2, -0.15) is 0 Å². The van der Waals surface area contributed by atoms with Gasteiger partial charge in [-0.05, 0) is 13.8 Å². The fraction of sp³-hybridized carbons (Fsp3) is 0.800. The third kappa shape index (κ3) is 7.72. The van der Waals surface area contributed by atoms with Gasteiger partial charge < -0.3 is 11.5 Å². The average molecular weight is 154 g/mol. The summed E-state index contributed by atoms with van der Waals surface area (Å²) in [6, 6.07) is 0. The molecule has 0 bridgehead atoms. The zero-order valence-corrected chi connectivity index (χ0v) is 6.83. The average Bonchev–Trinajstić information content (AvgIpc) is 1.69. The molecule has 0 unspecified atom stereocenters. The van der Waals surface area contributed by atoms with Crippen LogP contribution in [-0.4, -0.2) is 17.8 Å². The van der Waals surface area contributed by atoms with E-state index in [-0.39, 0.29) is 5.91 Å². The first kappa shape index (κ1) is 11.5. The molecule has 4 heteroatoms. The molecule has 0 atom stereocenters. The van der Waals surface area contributed by atoms with Gasteiger partial charge in [0.15, 0.2) is 5.54 Å². The van der Waals surface area contributed by atoms with Crippen molar-refractivity contribution in [2.45, 2.75) is 19.4 Å². The topological polar surface area (TPSA) is 70.7 Å². The van der Waals surface area contributed by atoms with Gasteiger partial charge in [-0.1, -0.05) is 0 Å². The summed E-state index contributed by atoms with van der Waals surface area (Å²) in [5.74, 6) is -0.368. The van der Waals surface area contributed by atoms with Crippen molar-refractivity contribution in [1.29, 1.82) is 0 Å². The van der Waals surface area contributed by atoms with E-state index in [1.165, 1.54) is 6.38 Å². The van der Waals surface area contributed by atoms with Crippen LogP contribution in [0.25, 0.3) is 0 Å². The molecule has 1 amide bonds. The van der Waals surface area contributed by atoms with Crippen molar-refractivity contribution in [3.8, 4) is 0 Å². The molecule has 0 radical (unpaired) electrons. The fourth-order valence-electron chi connectivity index (χ4n) is 0. The Kier molecular flexibility index (Phi) is 5.86. The Labute approximate surface area is 60.3 Å². The minimum atomic E-state index is -0.611. The lowest BCUT2D eigenvalue weighted by Gasteiger charge is -2.06. The monoisotopic (exact) mass is 153 g/mol. The molecule has 0 aromatic heterocycles. The maximum atomic E-state index is 10.2. The van der Waals surface area contributed by atoms with Crippen LogP contribution in [0, 0.1) is 0 Å². The van der Waals surface area contributed by atoms with E-state index in [0.29, 0.717) is 0 Å². The number of alkyl halides is 1. The van der Waals surface area contributed by atoms with E-state index in [9.17, 15) is 4.79 Å². The fourth-order valence-corrected chi connectivity index (χ4v) is 0. The molecule has 0 saturated carbocycles. The van der Waals surface area contributed by atoms with Crippen LogP contribution in [0.3, 0.4) is 0 Å². The quantitative estimate of drug-likeness (QED) is 0.483. The van der Waals surface area contributed by atoms with Crippen LogP contribution in [0.5, 0.6) is 0 Å². The van der Waals surface area contributed by atoms with E-state index in [2.05, 4.69) is 17.3 Å². The van der Waals surface area contributed by atoms with Crippen molar-refractivity contribution in [1.82, 2.24) is 0 Å². The number of primary amides is 1. The second-order valence-electron chi connectivity index (χ2n) is 2.25. The molecular weight excluding hydrogens is 140 g/mol. The number of hydrogen-bond donors (Lipinski definition) is 2. The maximum Gasteiger partial charge on any atom is 0.278 e. The summed E-state index contributed by atoms with van der Waals surface area (Å²) in [7, 11) is 0. The first-order valence-corrected chi connectivity index (χ1v) is 3.23. The number of amides is 1. The number of carbonyl (C=O) groups excluding carboxylic acids is 1. The normalized spacial score (nSPS) is 9.44. The summed E-state index contributed by atoms with van der Waals surface area (Å²) in [5, 5.41) is 0. The molecule has 0 aromatic rings. The number of quaternary nitrogens is 1. The van der Waals surface area contributed by atoms with Crippen LogP contribution in [0.4, 0.5) is 0 Å². The Bertz CT molecular complexity index is 87.4. The van der Waals surface area contributed by atoms with Gasteiger partial charge in [0.25, 0.3) is 5.91 Å². The zero-order valence-electron chi connectivity index (χ0n) is 6.07. The summed E-state index contributed by atoms with van der Waals surface area (Å²) in [5.41, 5.74) is 7.75. The van der Waals surface area contributed by atoms with Crippen molar-refractivity contribution in [3.63, 3.8) is 0 Å². The van der Waals surface area contributed by atoms with Gasteiger partial charge in [0.05, 0.1) is 0 Å². The molecule has 56 valence electrons.